The molecule has 0 amide bonds. The molecule has 1 aromatic rings. The maximum atomic E-state index is 11.1. The van der Waals surface area contributed by atoms with Gasteiger partial charge in [0.1, 0.15) is 11.7 Å². The van der Waals surface area contributed by atoms with Crippen molar-refractivity contribution in [3.63, 3.8) is 0 Å². The van der Waals surface area contributed by atoms with E-state index < -0.39 is 16.9 Å². The first-order chi connectivity index (χ1) is 8.49. The predicted molar refractivity (Wildman–Crippen MR) is 73.6 cm³/mol. The molecule has 96 valence electrons. The molecule has 1 fully saturated rings. The highest BCUT2D eigenvalue weighted by atomic mass is 127. The molecule has 0 saturated heterocycles. The molecule has 0 aromatic heterocycles. The van der Waals surface area contributed by atoms with Crippen molar-refractivity contribution in [2.45, 2.75) is 18.9 Å². The van der Waals surface area contributed by atoms with Crippen LogP contribution < -0.4 is 5.32 Å². The molecule has 1 aliphatic carbocycles. The number of carboxylic acids is 1. The van der Waals surface area contributed by atoms with Crippen LogP contribution in [0.25, 0.3) is 0 Å². The fourth-order valence-electron chi connectivity index (χ4n) is 1.76. The minimum Gasteiger partial charge on any atom is -0.480 e. The van der Waals surface area contributed by atoms with Crippen molar-refractivity contribution in [3.8, 4) is 0 Å². The van der Waals surface area contributed by atoms with Crippen molar-refractivity contribution in [2.75, 3.05) is 5.32 Å². The Morgan fingerprint density at radius 3 is 2.72 bits per heavy atom. The number of nitro benzene ring substituents is 1. The number of carbonyl (C=O) groups is 1. The number of anilines is 1. The van der Waals surface area contributed by atoms with Gasteiger partial charge < -0.3 is 10.4 Å². The van der Waals surface area contributed by atoms with Crippen LogP contribution >= 0.6 is 22.6 Å². The van der Waals surface area contributed by atoms with Crippen molar-refractivity contribution in [3.05, 3.63) is 31.9 Å². The zero-order valence-corrected chi connectivity index (χ0v) is 11.5. The van der Waals surface area contributed by atoms with Crippen LogP contribution in [0.15, 0.2) is 18.2 Å². The number of nitrogens with one attached hydrogen (secondary N) is 1. The van der Waals surface area contributed by atoms with Crippen LogP contribution in [0.4, 0.5) is 11.4 Å². The summed E-state index contributed by atoms with van der Waals surface area (Å²) in [6.45, 7) is 0. The largest absolute Gasteiger partial charge is 0.480 e. The average molecular weight is 362 g/mol. The quantitative estimate of drug-likeness (QED) is 0.477. The molecule has 1 aliphatic rings. The standard InChI is InChI=1S/C11H11IN2O4/c12-7-3-4-8(9(5-7)14(17)18)13-10(11(15)16)6-1-2-6/h3-6,10,13H,1-2H2,(H,15,16). The molecular formula is C11H11IN2O4. The SMILES string of the molecule is O=C(O)C(Nc1ccc(I)cc1[N+](=O)[O-])C1CC1. The first-order valence-corrected chi connectivity index (χ1v) is 6.50. The third kappa shape index (κ3) is 2.89. The molecule has 1 saturated carbocycles. The first-order valence-electron chi connectivity index (χ1n) is 5.42. The molecule has 0 radical (unpaired) electrons. The van der Waals surface area contributed by atoms with Gasteiger partial charge in [-0.3, -0.25) is 10.1 Å². The van der Waals surface area contributed by atoms with Crippen LogP contribution in [0, 0.1) is 19.6 Å². The highest BCUT2D eigenvalue weighted by molar-refractivity contribution is 14.1. The van der Waals surface area contributed by atoms with E-state index in [0.29, 0.717) is 0 Å². The Morgan fingerprint density at radius 2 is 2.22 bits per heavy atom. The Kier molecular flexibility index (Phi) is 3.69. The molecule has 0 heterocycles. The van der Waals surface area contributed by atoms with E-state index in [0.717, 1.165) is 16.4 Å². The predicted octanol–water partition coefficient (Wildman–Crippen LogP) is 2.47. The zero-order chi connectivity index (χ0) is 13.3. The number of carboxylic acid groups (broad SMARTS) is 1. The molecule has 7 heteroatoms. The molecule has 6 nitrogen and oxygen atoms in total. The molecule has 2 N–H and O–H groups in total. The molecule has 0 aliphatic heterocycles. The minimum atomic E-state index is -0.967. The van der Waals surface area contributed by atoms with Crippen LogP contribution in [0.5, 0.6) is 0 Å². The molecule has 0 bridgehead atoms. The summed E-state index contributed by atoms with van der Waals surface area (Å²) in [6.07, 6.45) is 1.70. The van der Waals surface area contributed by atoms with E-state index in [-0.39, 0.29) is 17.3 Å². The van der Waals surface area contributed by atoms with Crippen LogP contribution in [-0.2, 0) is 4.79 Å². The number of benzene rings is 1. The lowest BCUT2D eigenvalue weighted by molar-refractivity contribution is -0.384. The van der Waals surface area contributed by atoms with E-state index in [1.165, 1.54) is 6.07 Å². The van der Waals surface area contributed by atoms with Gasteiger partial charge in [0.15, 0.2) is 0 Å². The fraction of sp³-hybridized carbons (Fsp3) is 0.364. The summed E-state index contributed by atoms with van der Waals surface area (Å²) in [5, 5.41) is 22.8. The van der Waals surface area contributed by atoms with E-state index in [1.54, 1.807) is 12.1 Å². The Balaban J connectivity index is 2.27. The summed E-state index contributed by atoms with van der Waals surface area (Å²) < 4.78 is 0.739. The number of halogens is 1. The molecule has 1 unspecified atom stereocenters. The van der Waals surface area contributed by atoms with Gasteiger partial charge >= 0.3 is 5.97 Å². The van der Waals surface area contributed by atoms with Gasteiger partial charge in [-0.15, -0.1) is 0 Å². The molecule has 1 aromatic carbocycles. The molecule has 2 rings (SSSR count). The zero-order valence-electron chi connectivity index (χ0n) is 9.30. The number of hydrogen-bond donors (Lipinski definition) is 2. The summed E-state index contributed by atoms with van der Waals surface area (Å²) in [5.41, 5.74) is 0.175. The number of hydrogen-bond acceptors (Lipinski definition) is 4. The highest BCUT2D eigenvalue weighted by Gasteiger charge is 2.37. The third-order valence-corrected chi connectivity index (χ3v) is 3.50. The van der Waals surface area contributed by atoms with Crippen LogP contribution in [0.3, 0.4) is 0 Å². The number of nitro groups is 1. The number of aliphatic carboxylic acids is 1. The van der Waals surface area contributed by atoms with Crippen LogP contribution in [0.1, 0.15) is 12.8 Å². The topological polar surface area (TPSA) is 92.5 Å². The lowest BCUT2D eigenvalue weighted by Gasteiger charge is -2.15. The minimum absolute atomic E-state index is 0.0707. The molecular weight excluding hydrogens is 351 g/mol. The van der Waals surface area contributed by atoms with Crippen LogP contribution in [0.2, 0.25) is 0 Å². The maximum Gasteiger partial charge on any atom is 0.326 e. The van der Waals surface area contributed by atoms with Gasteiger partial charge in [0, 0.05) is 9.64 Å². The van der Waals surface area contributed by atoms with Gasteiger partial charge in [0.25, 0.3) is 5.69 Å². The Bertz CT molecular complexity index is 502. The van der Waals surface area contributed by atoms with Crippen molar-refractivity contribution in [1.29, 1.82) is 0 Å². The number of rotatable bonds is 5. The van der Waals surface area contributed by atoms with Gasteiger partial charge in [0.05, 0.1) is 4.92 Å². The smallest absolute Gasteiger partial charge is 0.326 e. The average Bonchev–Trinajstić information content (AvgIpc) is 3.10. The monoisotopic (exact) mass is 362 g/mol. The Hall–Kier alpha value is -1.38. The number of nitrogens with zero attached hydrogens (tertiary/aromatic N) is 1. The maximum absolute atomic E-state index is 11.1. The molecule has 18 heavy (non-hydrogen) atoms. The van der Waals surface area contributed by atoms with Crippen molar-refractivity contribution < 1.29 is 14.8 Å². The van der Waals surface area contributed by atoms with E-state index in [1.807, 2.05) is 22.6 Å². The van der Waals surface area contributed by atoms with Gasteiger partial charge in [-0.1, -0.05) is 0 Å². The molecule has 1 atom stereocenters. The summed E-state index contributed by atoms with van der Waals surface area (Å²) in [4.78, 5) is 21.5. The summed E-state index contributed by atoms with van der Waals surface area (Å²) >= 11 is 1.98. The van der Waals surface area contributed by atoms with E-state index >= 15 is 0 Å². The molecule has 0 spiro atoms. The fourth-order valence-corrected chi connectivity index (χ4v) is 2.23. The van der Waals surface area contributed by atoms with Gasteiger partial charge in [-0.25, -0.2) is 4.79 Å². The van der Waals surface area contributed by atoms with E-state index in [4.69, 9.17) is 5.11 Å². The third-order valence-electron chi connectivity index (χ3n) is 2.83. The van der Waals surface area contributed by atoms with Crippen LogP contribution in [-0.4, -0.2) is 22.0 Å². The van der Waals surface area contributed by atoms with E-state index in [9.17, 15) is 14.9 Å². The normalized spacial score (nSPS) is 16.1. The second-order valence-corrected chi connectivity index (χ2v) is 5.46. The second-order valence-electron chi connectivity index (χ2n) is 4.22. The van der Waals surface area contributed by atoms with Gasteiger partial charge in [-0.2, -0.15) is 0 Å². The first kappa shape index (κ1) is 13.1. The lowest BCUT2D eigenvalue weighted by atomic mass is 10.1. The van der Waals surface area contributed by atoms with Crippen molar-refractivity contribution in [1.82, 2.24) is 0 Å². The Morgan fingerprint density at radius 1 is 1.56 bits per heavy atom. The summed E-state index contributed by atoms with van der Waals surface area (Å²) in [5.74, 6) is -0.897. The Labute approximate surface area is 117 Å². The second kappa shape index (κ2) is 5.09. The summed E-state index contributed by atoms with van der Waals surface area (Å²) in [6, 6.07) is 3.94. The van der Waals surface area contributed by atoms with Crippen molar-refractivity contribution in [2.24, 2.45) is 5.92 Å². The van der Waals surface area contributed by atoms with Crippen molar-refractivity contribution >= 4 is 39.9 Å². The highest BCUT2D eigenvalue weighted by Crippen LogP contribution is 2.36. The lowest BCUT2D eigenvalue weighted by Crippen LogP contribution is -2.31. The van der Waals surface area contributed by atoms with E-state index in [2.05, 4.69) is 5.32 Å². The van der Waals surface area contributed by atoms with Gasteiger partial charge in [-0.05, 0) is 53.5 Å². The summed E-state index contributed by atoms with van der Waals surface area (Å²) in [7, 11) is 0. The van der Waals surface area contributed by atoms with Gasteiger partial charge in [0.2, 0.25) is 0 Å².